The lowest BCUT2D eigenvalue weighted by molar-refractivity contribution is -0.137. The Balaban J connectivity index is 3.80. The van der Waals surface area contributed by atoms with E-state index >= 15 is 0 Å². The van der Waals surface area contributed by atoms with Crippen LogP contribution in [-0.4, -0.2) is 48.1 Å². The Bertz CT molecular complexity index is 231. The minimum absolute atomic E-state index is 0.00785. The smallest absolute Gasteiger partial charge is 0.303 e. The van der Waals surface area contributed by atoms with Crippen molar-refractivity contribution in [2.75, 3.05) is 20.1 Å². The Labute approximate surface area is 96.8 Å². The molecule has 0 fully saturated rings. The molecule has 1 unspecified atom stereocenters. The van der Waals surface area contributed by atoms with Crippen molar-refractivity contribution in [3.05, 3.63) is 0 Å². The monoisotopic (exact) mass is 230 g/mol. The molecular weight excluding hydrogens is 208 g/mol. The van der Waals surface area contributed by atoms with Crippen LogP contribution in [-0.2, 0) is 9.59 Å². The van der Waals surface area contributed by atoms with Gasteiger partial charge in [-0.15, -0.1) is 0 Å². The molecule has 0 aliphatic carbocycles. The van der Waals surface area contributed by atoms with E-state index in [0.717, 1.165) is 6.42 Å². The average molecular weight is 230 g/mol. The van der Waals surface area contributed by atoms with Crippen molar-refractivity contribution in [3.63, 3.8) is 0 Å². The van der Waals surface area contributed by atoms with Crippen molar-refractivity contribution in [1.29, 1.82) is 0 Å². The van der Waals surface area contributed by atoms with Crippen LogP contribution in [0.15, 0.2) is 0 Å². The van der Waals surface area contributed by atoms with Crippen LogP contribution in [0.5, 0.6) is 0 Å². The maximum Gasteiger partial charge on any atom is 0.303 e. The van der Waals surface area contributed by atoms with Crippen LogP contribution < -0.4 is 5.32 Å². The molecule has 0 heterocycles. The second-order valence-electron chi connectivity index (χ2n) is 4.05. The van der Waals surface area contributed by atoms with Gasteiger partial charge >= 0.3 is 5.97 Å². The Morgan fingerprint density at radius 1 is 1.44 bits per heavy atom. The van der Waals surface area contributed by atoms with Gasteiger partial charge < -0.3 is 10.4 Å². The third-order valence-corrected chi connectivity index (χ3v) is 2.49. The Morgan fingerprint density at radius 2 is 2.06 bits per heavy atom. The summed E-state index contributed by atoms with van der Waals surface area (Å²) in [5, 5.41) is 11.3. The van der Waals surface area contributed by atoms with E-state index in [0.29, 0.717) is 19.5 Å². The lowest BCUT2D eigenvalue weighted by atomic mass is 10.1. The van der Waals surface area contributed by atoms with Crippen LogP contribution in [0.4, 0.5) is 0 Å². The quantitative estimate of drug-likeness (QED) is 0.644. The van der Waals surface area contributed by atoms with Crippen LogP contribution in [0, 0.1) is 0 Å². The van der Waals surface area contributed by atoms with Crippen molar-refractivity contribution < 1.29 is 14.7 Å². The zero-order valence-electron chi connectivity index (χ0n) is 10.3. The number of likely N-dealkylation sites (N-methyl/N-ethyl adjacent to an activating group) is 1. The number of nitrogens with zero attached hydrogens (tertiary/aromatic N) is 1. The molecular formula is C11H22N2O3. The summed E-state index contributed by atoms with van der Waals surface area (Å²) in [6.07, 6.45) is 1.62. The zero-order valence-corrected chi connectivity index (χ0v) is 10.3. The third-order valence-electron chi connectivity index (χ3n) is 2.49. The van der Waals surface area contributed by atoms with Gasteiger partial charge in [-0.3, -0.25) is 14.5 Å². The first-order valence-electron chi connectivity index (χ1n) is 5.66. The van der Waals surface area contributed by atoms with Crippen LogP contribution in [0.25, 0.3) is 0 Å². The first-order valence-corrected chi connectivity index (χ1v) is 5.66. The summed E-state index contributed by atoms with van der Waals surface area (Å²) in [5.74, 6) is -0.804. The van der Waals surface area contributed by atoms with Gasteiger partial charge in [0.25, 0.3) is 0 Å². The minimum atomic E-state index is -0.796. The summed E-state index contributed by atoms with van der Waals surface area (Å²) in [6, 6.07) is 0.100. The number of hydrogen-bond donors (Lipinski definition) is 2. The zero-order chi connectivity index (χ0) is 12.6. The Hall–Kier alpha value is -1.10. The van der Waals surface area contributed by atoms with Crippen molar-refractivity contribution in [3.8, 4) is 0 Å². The van der Waals surface area contributed by atoms with Crippen LogP contribution in [0.1, 0.15) is 33.1 Å². The molecule has 0 rings (SSSR count). The van der Waals surface area contributed by atoms with Gasteiger partial charge in [-0.1, -0.05) is 6.92 Å². The summed E-state index contributed by atoms with van der Waals surface area (Å²) in [4.78, 5) is 23.6. The number of carboxylic acids is 1. The molecule has 1 amide bonds. The number of nitrogens with one attached hydrogen (secondary N) is 1. The lowest BCUT2D eigenvalue weighted by Gasteiger charge is -2.23. The molecule has 0 aromatic carbocycles. The highest BCUT2D eigenvalue weighted by Gasteiger charge is 2.13. The Kier molecular flexibility index (Phi) is 7.54. The van der Waals surface area contributed by atoms with Crippen molar-refractivity contribution in [1.82, 2.24) is 10.2 Å². The molecule has 0 aliphatic rings. The van der Waals surface area contributed by atoms with Gasteiger partial charge in [-0.05, 0) is 26.8 Å². The molecule has 1 atom stereocenters. The molecule has 0 radical (unpaired) electrons. The standard InChI is InChI=1S/C11H22N2O3/c1-4-7-12-10(14)8-13(3)9(2)5-6-11(15)16/h9H,4-8H2,1-3H3,(H,12,14)(H,15,16). The maximum atomic E-state index is 11.4. The number of amides is 1. The number of aliphatic carboxylic acids is 1. The van der Waals surface area contributed by atoms with E-state index in [4.69, 9.17) is 5.11 Å². The first-order chi connectivity index (χ1) is 7.47. The minimum Gasteiger partial charge on any atom is -0.481 e. The number of hydrogen-bond acceptors (Lipinski definition) is 3. The summed E-state index contributed by atoms with van der Waals surface area (Å²) in [6.45, 7) is 4.94. The van der Waals surface area contributed by atoms with E-state index in [-0.39, 0.29) is 18.4 Å². The predicted octanol–water partition coefficient (Wildman–Crippen LogP) is 0.698. The maximum absolute atomic E-state index is 11.4. The molecule has 0 bridgehead atoms. The molecule has 2 N–H and O–H groups in total. The molecule has 94 valence electrons. The molecule has 0 aromatic heterocycles. The van der Waals surface area contributed by atoms with E-state index in [2.05, 4.69) is 5.32 Å². The van der Waals surface area contributed by atoms with Crippen molar-refractivity contribution in [2.45, 2.75) is 39.2 Å². The first kappa shape index (κ1) is 14.9. The van der Waals surface area contributed by atoms with Crippen LogP contribution >= 0.6 is 0 Å². The molecule has 0 saturated heterocycles. The van der Waals surface area contributed by atoms with Gasteiger partial charge in [0, 0.05) is 19.0 Å². The van der Waals surface area contributed by atoms with Gasteiger partial charge in [0.15, 0.2) is 0 Å². The normalized spacial score (nSPS) is 12.5. The van der Waals surface area contributed by atoms with Crippen molar-refractivity contribution >= 4 is 11.9 Å². The largest absolute Gasteiger partial charge is 0.481 e. The lowest BCUT2D eigenvalue weighted by Crippen LogP contribution is -2.39. The number of carbonyl (C=O) groups is 2. The van der Waals surface area contributed by atoms with Crippen LogP contribution in [0.3, 0.4) is 0 Å². The van der Waals surface area contributed by atoms with E-state index in [1.165, 1.54) is 0 Å². The molecule has 16 heavy (non-hydrogen) atoms. The third kappa shape index (κ3) is 7.23. The summed E-state index contributed by atoms with van der Waals surface area (Å²) in [7, 11) is 1.83. The summed E-state index contributed by atoms with van der Waals surface area (Å²) in [5.41, 5.74) is 0. The van der Waals surface area contributed by atoms with E-state index in [1.54, 1.807) is 0 Å². The molecule has 5 nitrogen and oxygen atoms in total. The van der Waals surface area contributed by atoms with Gasteiger partial charge in [-0.2, -0.15) is 0 Å². The fourth-order valence-electron chi connectivity index (χ4n) is 1.26. The molecule has 5 heteroatoms. The second kappa shape index (κ2) is 8.10. The highest BCUT2D eigenvalue weighted by molar-refractivity contribution is 5.77. The van der Waals surface area contributed by atoms with Crippen molar-refractivity contribution in [2.24, 2.45) is 0 Å². The molecule has 0 aliphatic heterocycles. The number of carbonyl (C=O) groups excluding carboxylic acids is 1. The second-order valence-corrected chi connectivity index (χ2v) is 4.05. The molecule has 0 saturated carbocycles. The van der Waals surface area contributed by atoms with Gasteiger partial charge in [0.1, 0.15) is 0 Å². The fraction of sp³-hybridized carbons (Fsp3) is 0.818. The van der Waals surface area contributed by atoms with E-state index < -0.39 is 5.97 Å². The summed E-state index contributed by atoms with van der Waals surface area (Å²) >= 11 is 0. The topological polar surface area (TPSA) is 69.6 Å². The summed E-state index contributed by atoms with van der Waals surface area (Å²) < 4.78 is 0. The average Bonchev–Trinajstić information content (AvgIpc) is 2.22. The van der Waals surface area contributed by atoms with Crippen LogP contribution in [0.2, 0.25) is 0 Å². The highest BCUT2D eigenvalue weighted by atomic mass is 16.4. The number of carboxylic acid groups (broad SMARTS) is 1. The van der Waals surface area contributed by atoms with Gasteiger partial charge in [0.2, 0.25) is 5.91 Å². The van der Waals surface area contributed by atoms with E-state index in [1.807, 2.05) is 25.8 Å². The predicted molar refractivity (Wildman–Crippen MR) is 62.3 cm³/mol. The highest BCUT2D eigenvalue weighted by Crippen LogP contribution is 2.03. The molecule has 0 aromatic rings. The van der Waals surface area contributed by atoms with E-state index in [9.17, 15) is 9.59 Å². The van der Waals surface area contributed by atoms with Gasteiger partial charge in [-0.25, -0.2) is 0 Å². The Morgan fingerprint density at radius 3 is 2.56 bits per heavy atom. The van der Waals surface area contributed by atoms with Gasteiger partial charge in [0.05, 0.1) is 6.54 Å². The SMILES string of the molecule is CCCNC(=O)CN(C)C(C)CCC(=O)O. The molecule has 0 spiro atoms. The fourth-order valence-corrected chi connectivity index (χ4v) is 1.26. The number of rotatable bonds is 8.